The van der Waals surface area contributed by atoms with Crippen molar-refractivity contribution >= 4 is 54.9 Å². The second kappa shape index (κ2) is 14.8. The lowest BCUT2D eigenvalue weighted by atomic mass is 9.69. The van der Waals surface area contributed by atoms with Crippen LogP contribution >= 0.6 is 0 Å². The average Bonchev–Trinajstić information content (AvgIpc) is 3.33. The maximum atomic E-state index is 14.3. The Kier molecular flexibility index (Phi) is 9.12. The third-order valence-electron chi connectivity index (χ3n) is 17.3. The van der Waals surface area contributed by atoms with Crippen molar-refractivity contribution in [3.05, 3.63) is 164 Å². The normalized spacial score (nSPS) is 18.3. The van der Waals surface area contributed by atoms with E-state index in [1.54, 1.807) is 0 Å². The molecule has 2 aromatic heterocycles. The van der Waals surface area contributed by atoms with Gasteiger partial charge in [-0.2, -0.15) is 0 Å². The molecular weight excluding hydrogens is 861 g/mol. The van der Waals surface area contributed by atoms with Gasteiger partial charge < -0.3 is 18.6 Å². The molecule has 6 heteroatoms. The fourth-order valence-electron chi connectivity index (χ4n) is 13.1. The monoisotopic (exact) mass is 920 g/mol. The Morgan fingerprint density at radius 3 is 1.11 bits per heavy atom. The third-order valence-corrected chi connectivity index (χ3v) is 17.3. The lowest BCUT2D eigenvalue weighted by Gasteiger charge is -2.48. The SMILES string of the molecule is CC1(C)CCN2CCC(C)(C)c3c2c1cc1cc(-c2cccc(-c4c5ccccc5c(-c5cccc(-c6cc7cc8c9c(c7oc6=O)C(C)(C)CCN9CCC8(C)C)c5)c5ccccc45)c2)c(=O)oc31. The summed E-state index contributed by atoms with van der Waals surface area (Å²) in [7, 11) is 0. The van der Waals surface area contributed by atoms with Gasteiger partial charge in [-0.3, -0.25) is 0 Å². The maximum Gasteiger partial charge on any atom is 0.344 e. The number of fused-ring (bicyclic) bond motifs is 6. The zero-order valence-corrected chi connectivity index (χ0v) is 41.7. The summed E-state index contributed by atoms with van der Waals surface area (Å²) in [6, 6.07) is 42.9. The molecular formula is C64H60N2O4. The molecule has 7 aromatic carbocycles. The molecule has 0 spiro atoms. The van der Waals surface area contributed by atoms with Gasteiger partial charge in [0.1, 0.15) is 11.2 Å². The Bertz CT molecular complexity index is 3550. The van der Waals surface area contributed by atoms with E-state index in [4.69, 9.17) is 8.83 Å². The van der Waals surface area contributed by atoms with Crippen LogP contribution in [0.15, 0.2) is 140 Å². The van der Waals surface area contributed by atoms with Gasteiger partial charge in [0.15, 0.2) is 0 Å². The topological polar surface area (TPSA) is 66.9 Å². The molecule has 4 aliphatic rings. The number of anilines is 2. The van der Waals surface area contributed by atoms with Crippen molar-refractivity contribution < 1.29 is 8.83 Å². The number of hydrogen-bond donors (Lipinski definition) is 0. The minimum atomic E-state index is -0.317. The Labute approximate surface area is 409 Å². The van der Waals surface area contributed by atoms with Crippen molar-refractivity contribution in [3.8, 4) is 44.5 Å². The number of benzene rings is 7. The zero-order valence-electron chi connectivity index (χ0n) is 41.7. The maximum absolute atomic E-state index is 14.3. The fourth-order valence-corrected chi connectivity index (χ4v) is 13.1. The summed E-state index contributed by atoms with van der Waals surface area (Å²) in [4.78, 5) is 33.7. The predicted octanol–water partition coefficient (Wildman–Crippen LogP) is 15.2. The molecule has 4 aliphatic heterocycles. The van der Waals surface area contributed by atoms with Gasteiger partial charge in [-0.25, -0.2) is 9.59 Å². The molecule has 13 rings (SSSR count). The van der Waals surface area contributed by atoms with Gasteiger partial charge in [-0.1, -0.05) is 140 Å². The summed E-state index contributed by atoms with van der Waals surface area (Å²) in [5, 5.41) is 6.38. The van der Waals surface area contributed by atoms with Crippen LogP contribution in [0.4, 0.5) is 11.4 Å². The Hall–Kier alpha value is -6.92. The van der Waals surface area contributed by atoms with E-state index in [9.17, 15) is 9.59 Å². The van der Waals surface area contributed by atoms with Crippen LogP contribution in [0, 0.1) is 0 Å². The highest BCUT2D eigenvalue weighted by Gasteiger charge is 2.44. The van der Waals surface area contributed by atoms with Gasteiger partial charge in [0, 0.05) is 59.5 Å². The van der Waals surface area contributed by atoms with Crippen molar-refractivity contribution in [2.75, 3.05) is 36.0 Å². The van der Waals surface area contributed by atoms with E-state index in [0.29, 0.717) is 11.1 Å². The van der Waals surface area contributed by atoms with Gasteiger partial charge in [-0.05, 0) is 150 Å². The molecule has 0 radical (unpaired) electrons. The second-order valence-corrected chi connectivity index (χ2v) is 23.5. The van der Waals surface area contributed by atoms with Crippen LogP contribution < -0.4 is 21.1 Å². The highest BCUT2D eigenvalue weighted by atomic mass is 16.4. The van der Waals surface area contributed by atoms with Gasteiger partial charge >= 0.3 is 11.3 Å². The largest absolute Gasteiger partial charge is 0.422 e. The average molecular weight is 921 g/mol. The van der Waals surface area contributed by atoms with Gasteiger partial charge in [0.05, 0.1) is 11.1 Å². The molecule has 6 nitrogen and oxygen atoms in total. The smallest absolute Gasteiger partial charge is 0.344 e. The zero-order chi connectivity index (χ0) is 48.2. The highest BCUT2D eigenvalue weighted by Crippen LogP contribution is 2.54. The Balaban J connectivity index is 0.955. The van der Waals surface area contributed by atoms with Gasteiger partial charge in [-0.15, -0.1) is 0 Å². The predicted molar refractivity (Wildman–Crippen MR) is 290 cm³/mol. The molecule has 350 valence electrons. The van der Waals surface area contributed by atoms with E-state index >= 15 is 0 Å². The summed E-state index contributed by atoms with van der Waals surface area (Å²) >= 11 is 0. The molecule has 0 fully saturated rings. The fraction of sp³-hybridized carbons (Fsp3) is 0.312. The summed E-state index contributed by atoms with van der Waals surface area (Å²) in [5.41, 5.74) is 15.2. The lowest BCUT2D eigenvalue weighted by molar-refractivity contribution is 0.398. The Morgan fingerprint density at radius 2 is 0.743 bits per heavy atom. The molecule has 0 bridgehead atoms. The molecule has 6 heterocycles. The van der Waals surface area contributed by atoms with Crippen molar-refractivity contribution in [3.63, 3.8) is 0 Å². The molecule has 0 amide bonds. The minimum absolute atomic E-state index is 0.00643. The van der Waals surface area contributed by atoms with Gasteiger partial charge in [0.2, 0.25) is 0 Å². The van der Waals surface area contributed by atoms with E-state index in [2.05, 4.69) is 174 Å². The van der Waals surface area contributed by atoms with Crippen LogP contribution in [0.5, 0.6) is 0 Å². The van der Waals surface area contributed by atoms with Crippen molar-refractivity contribution in [2.45, 2.75) is 103 Å². The van der Waals surface area contributed by atoms with Gasteiger partial charge in [0.25, 0.3) is 0 Å². The quantitative estimate of drug-likeness (QED) is 0.129. The molecule has 70 heavy (non-hydrogen) atoms. The van der Waals surface area contributed by atoms with Crippen LogP contribution in [-0.4, -0.2) is 26.2 Å². The molecule has 0 saturated heterocycles. The minimum Gasteiger partial charge on any atom is -0.422 e. The standard InChI is InChI=1S/C64H60N2O4/c1-61(2)23-27-65-29-25-63(5,6)53-55(65)49(61)35-41-33-47(59(67)69-57(41)53)37-15-13-17-39(31-37)51-43-19-9-11-21-45(43)52(46-22-12-10-20-44(46)51)40-18-14-16-38(32-40)48-34-42-36-50-56-54(58(42)70-60(48)68)64(7,8)26-30-66(56)28-24-62(50,3)4/h9-22,31-36H,23-30H2,1-8H3. The van der Waals surface area contributed by atoms with Crippen LogP contribution in [0.3, 0.4) is 0 Å². The summed E-state index contributed by atoms with van der Waals surface area (Å²) < 4.78 is 13.0. The number of hydrogen-bond acceptors (Lipinski definition) is 6. The van der Waals surface area contributed by atoms with Crippen molar-refractivity contribution in [2.24, 2.45) is 0 Å². The molecule has 9 aromatic rings. The molecule has 0 unspecified atom stereocenters. The number of nitrogens with zero attached hydrogens (tertiary/aromatic N) is 2. The first-order valence-corrected chi connectivity index (χ1v) is 25.5. The van der Waals surface area contributed by atoms with E-state index in [-0.39, 0.29) is 32.9 Å². The highest BCUT2D eigenvalue weighted by molar-refractivity contribution is 6.21. The first-order chi connectivity index (χ1) is 33.5. The van der Waals surface area contributed by atoms with Crippen LogP contribution in [0.2, 0.25) is 0 Å². The lowest BCUT2D eigenvalue weighted by Crippen LogP contribution is -2.44. The second-order valence-electron chi connectivity index (χ2n) is 23.5. The first-order valence-electron chi connectivity index (χ1n) is 25.5. The van der Waals surface area contributed by atoms with E-state index in [0.717, 1.165) is 129 Å². The Morgan fingerprint density at radius 1 is 0.400 bits per heavy atom. The number of rotatable bonds is 4. The third kappa shape index (κ3) is 6.30. The summed E-state index contributed by atoms with van der Waals surface area (Å²) in [6.45, 7) is 22.7. The van der Waals surface area contributed by atoms with Crippen LogP contribution in [0.1, 0.15) is 103 Å². The van der Waals surface area contributed by atoms with Crippen molar-refractivity contribution in [1.82, 2.24) is 0 Å². The van der Waals surface area contributed by atoms with Crippen LogP contribution in [0.25, 0.3) is 88.0 Å². The van der Waals surface area contributed by atoms with Crippen LogP contribution in [-0.2, 0) is 21.7 Å². The molecule has 0 atom stereocenters. The molecule has 0 saturated carbocycles. The van der Waals surface area contributed by atoms with E-state index in [1.165, 1.54) is 33.6 Å². The van der Waals surface area contributed by atoms with E-state index in [1.807, 2.05) is 12.1 Å². The molecule has 0 N–H and O–H groups in total. The summed E-state index contributed by atoms with van der Waals surface area (Å²) in [6.07, 6.45) is 4.20. The summed E-state index contributed by atoms with van der Waals surface area (Å²) in [5.74, 6) is 0. The first kappa shape index (κ1) is 43.1. The van der Waals surface area contributed by atoms with Crippen molar-refractivity contribution in [1.29, 1.82) is 0 Å². The molecule has 0 aliphatic carbocycles. The van der Waals surface area contributed by atoms with E-state index < -0.39 is 0 Å².